The topological polar surface area (TPSA) is 65.5 Å². The van der Waals surface area contributed by atoms with Gasteiger partial charge in [0.25, 0.3) is 5.91 Å². The van der Waals surface area contributed by atoms with E-state index in [0.29, 0.717) is 18.7 Å². The van der Waals surface area contributed by atoms with Gasteiger partial charge in [0.1, 0.15) is 5.82 Å². The highest BCUT2D eigenvalue weighted by atomic mass is 16.3. The van der Waals surface area contributed by atoms with Crippen LogP contribution in [0.3, 0.4) is 0 Å². The van der Waals surface area contributed by atoms with Gasteiger partial charge in [-0.15, -0.1) is 0 Å². The van der Waals surface area contributed by atoms with Gasteiger partial charge in [0.2, 0.25) is 0 Å². The van der Waals surface area contributed by atoms with Gasteiger partial charge in [-0.1, -0.05) is 30.3 Å². The van der Waals surface area contributed by atoms with E-state index >= 15 is 0 Å². The molecule has 0 atom stereocenters. The van der Waals surface area contributed by atoms with Crippen LogP contribution < -0.4 is 10.2 Å². The summed E-state index contributed by atoms with van der Waals surface area (Å²) in [6.45, 7) is 3.81. The summed E-state index contributed by atoms with van der Waals surface area (Å²) in [5.41, 5.74) is 1.79. The van der Waals surface area contributed by atoms with Crippen molar-refractivity contribution in [3.05, 3.63) is 59.8 Å². The lowest BCUT2D eigenvalue weighted by Crippen LogP contribution is -2.30. The summed E-state index contributed by atoms with van der Waals surface area (Å²) in [7, 11) is 0. The first-order chi connectivity index (χ1) is 11.2. The zero-order valence-corrected chi connectivity index (χ0v) is 13.4. The third-order valence-electron chi connectivity index (χ3n) is 3.55. The van der Waals surface area contributed by atoms with Gasteiger partial charge in [-0.05, 0) is 31.0 Å². The number of amides is 1. The lowest BCUT2D eigenvalue weighted by Gasteiger charge is -2.23. The minimum atomic E-state index is -0.121. The molecule has 0 aliphatic carbocycles. The summed E-state index contributed by atoms with van der Waals surface area (Å²) in [6.07, 6.45) is 2.45. The van der Waals surface area contributed by atoms with Crippen molar-refractivity contribution in [3.8, 4) is 0 Å². The quantitative estimate of drug-likeness (QED) is 0.781. The summed E-state index contributed by atoms with van der Waals surface area (Å²) in [5, 5.41) is 12.0. The molecule has 1 aromatic carbocycles. The van der Waals surface area contributed by atoms with E-state index in [1.165, 1.54) is 5.56 Å². The van der Waals surface area contributed by atoms with Gasteiger partial charge in [0.05, 0.1) is 12.2 Å². The van der Waals surface area contributed by atoms with Crippen molar-refractivity contribution in [3.63, 3.8) is 0 Å². The van der Waals surface area contributed by atoms with Crippen molar-refractivity contribution < 1.29 is 9.90 Å². The molecule has 0 radical (unpaired) electrons. The van der Waals surface area contributed by atoms with Crippen molar-refractivity contribution in [1.29, 1.82) is 0 Å². The van der Waals surface area contributed by atoms with Gasteiger partial charge in [0.15, 0.2) is 0 Å². The second kappa shape index (κ2) is 8.90. The maximum atomic E-state index is 11.8. The molecule has 1 amide bonds. The Morgan fingerprint density at radius 1 is 1.17 bits per heavy atom. The van der Waals surface area contributed by atoms with E-state index < -0.39 is 0 Å². The highest BCUT2D eigenvalue weighted by Crippen LogP contribution is 2.12. The number of nitrogens with one attached hydrogen (secondary N) is 1. The van der Waals surface area contributed by atoms with Crippen molar-refractivity contribution in [2.75, 3.05) is 31.1 Å². The Labute approximate surface area is 137 Å². The fourth-order valence-electron chi connectivity index (χ4n) is 2.34. The Bertz CT molecular complexity index is 599. The molecule has 2 aromatic rings. The normalized spacial score (nSPS) is 10.3. The smallest absolute Gasteiger partial charge is 0.252 e. The molecule has 2 rings (SSSR count). The van der Waals surface area contributed by atoms with E-state index in [1.807, 2.05) is 36.1 Å². The summed E-state index contributed by atoms with van der Waals surface area (Å²) in [6, 6.07) is 13.8. The molecule has 0 bridgehead atoms. The molecule has 122 valence electrons. The van der Waals surface area contributed by atoms with Crippen molar-refractivity contribution in [2.45, 2.75) is 13.3 Å². The van der Waals surface area contributed by atoms with Gasteiger partial charge in [-0.25, -0.2) is 4.98 Å². The van der Waals surface area contributed by atoms with Crippen LogP contribution in [0.1, 0.15) is 22.8 Å². The maximum Gasteiger partial charge on any atom is 0.252 e. The van der Waals surface area contributed by atoms with Crippen LogP contribution in [0.15, 0.2) is 48.7 Å². The summed E-state index contributed by atoms with van der Waals surface area (Å²) in [5.74, 6) is 0.646. The summed E-state index contributed by atoms with van der Waals surface area (Å²) in [4.78, 5) is 18.1. The fourth-order valence-corrected chi connectivity index (χ4v) is 2.34. The van der Waals surface area contributed by atoms with Crippen LogP contribution >= 0.6 is 0 Å². The Morgan fingerprint density at radius 3 is 2.57 bits per heavy atom. The van der Waals surface area contributed by atoms with E-state index in [1.54, 1.807) is 12.3 Å². The SMILES string of the molecule is CCNC(=O)c1ccc(N(CCO)CCc2ccccc2)nc1. The molecule has 0 spiro atoms. The largest absolute Gasteiger partial charge is 0.395 e. The number of nitrogens with zero attached hydrogens (tertiary/aromatic N) is 2. The minimum Gasteiger partial charge on any atom is -0.395 e. The Morgan fingerprint density at radius 2 is 1.96 bits per heavy atom. The standard InChI is InChI=1S/C18H23N3O2/c1-2-19-18(23)16-8-9-17(20-14-16)21(12-13-22)11-10-15-6-4-3-5-7-15/h3-9,14,22H,2,10-13H2,1H3,(H,19,23). The molecule has 0 unspecified atom stereocenters. The van der Waals surface area contributed by atoms with E-state index in [9.17, 15) is 9.90 Å². The average molecular weight is 313 g/mol. The Kier molecular flexibility index (Phi) is 6.56. The molecule has 2 N–H and O–H groups in total. The van der Waals surface area contributed by atoms with Crippen LogP contribution in [0.4, 0.5) is 5.82 Å². The lowest BCUT2D eigenvalue weighted by atomic mass is 10.1. The number of aromatic nitrogens is 1. The summed E-state index contributed by atoms with van der Waals surface area (Å²) < 4.78 is 0. The number of carbonyl (C=O) groups is 1. The number of rotatable bonds is 8. The zero-order valence-electron chi connectivity index (χ0n) is 13.4. The highest BCUT2D eigenvalue weighted by molar-refractivity contribution is 5.93. The number of pyridine rings is 1. The molecular weight excluding hydrogens is 290 g/mol. The Balaban J connectivity index is 2.03. The van der Waals surface area contributed by atoms with Gasteiger partial charge in [-0.2, -0.15) is 0 Å². The number of carbonyl (C=O) groups excluding carboxylic acids is 1. The van der Waals surface area contributed by atoms with Gasteiger partial charge in [-0.3, -0.25) is 4.79 Å². The van der Waals surface area contributed by atoms with Crippen molar-refractivity contribution in [1.82, 2.24) is 10.3 Å². The van der Waals surface area contributed by atoms with Gasteiger partial charge in [0, 0.05) is 25.8 Å². The first-order valence-electron chi connectivity index (χ1n) is 7.88. The second-order valence-electron chi connectivity index (χ2n) is 5.21. The fraction of sp³-hybridized carbons (Fsp3) is 0.333. The van der Waals surface area contributed by atoms with Crippen molar-refractivity contribution >= 4 is 11.7 Å². The molecule has 1 aromatic heterocycles. The van der Waals surface area contributed by atoms with E-state index in [-0.39, 0.29) is 12.5 Å². The van der Waals surface area contributed by atoms with Crippen LogP contribution in [-0.2, 0) is 6.42 Å². The zero-order chi connectivity index (χ0) is 16.5. The average Bonchev–Trinajstić information content (AvgIpc) is 2.60. The van der Waals surface area contributed by atoms with Crippen molar-refractivity contribution in [2.24, 2.45) is 0 Å². The number of anilines is 1. The summed E-state index contributed by atoms with van der Waals surface area (Å²) >= 11 is 0. The monoisotopic (exact) mass is 313 g/mol. The van der Waals surface area contributed by atoms with Crippen LogP contribution in [-0.4, -0.2) is 42.2 Å². The van der Waals surface area contributed by atoms with Crippen LogP contribution in [0.25, 0.3) is 0 Å². The van der Waals surface area contributed by atoms with Gasteiger partial charge >= 0.3 is 0 Å². The third-order valence-corrected chi connectivity index (χ3v) is 3.55. The number of aliphatic hydroxyl groups is 1. The first kappa shape index (κ1) is 17.0. The predicted octanol–water partition coefficient (Wildman–Crippen LogP) is 1.87. The molecule has 0 aliphatic rings. The molecular formula is C18H23N3O2. The number of benzene rings is 1. The molecule has 0 saturated carbocycles. The number of hydrogen-bond donors (Lipinski definition) is 2. The number of hydrogen-bond acceptors (Lipinski definition) is 4. The van der Waals surface area contributed by atoms with Crippen LogP contribution in [0.5, 0.6) is 0 Å². The third kappa shape index (κ3) is 5.07. The second-order valence-corrected chi connectivity index (χ2v) is 5.21. The van der Waals surface area contributed by atoms with Gasteiger partial charge < -0.3 is 15.3 Å². The number of aliphatic hydroxyl groups excluding tert-OH is 1. The highest BCUT2D eigenvalue weighted by Gasteiger charge is 2.10. The minimum absolute atomic E-state index is 0.0640. The lowest BCUT2D eigenvalue weighted by molar-refractivity contribution is 0.0955. The first-order valence-corrected chi connectivity index (χ1v) is 7.88. The maximum absolute atomic E-state index is 11.8. The van der Waals surface area contributed by atoms with E-state index in [4.69, 9.17) is 0 Å². The predicted molar refractivity (Wildman–Crippen MR) is 91.7 cm³/mol. The molecule has 5 nitrogen and oxygen atoms in total. The molecule has 1 heterocycles. The van der Waals surface area contributed by atoms with E-state index in [0.717, 1.165) is 18.8 Å². The molecule has 5 heteroatoms. The molecule has 23 heavy (non-hydrogen) atoms. The van der Waals surface area contributed by atoms with E-state index in [2.05, 4.69) is 22.4 Å². The molecule has 0 aliphatic heterocycles. The molecule has 0 fully saturated rings. The van der Waals surface area contributed by atoms with Crippen LogP contribution in [0, 0.1) is 0 Å². The van der Waals surface area contributed by atoms with Crippen LogP contribution in [0.2, 0.25) is 0 Å². The molecule has 0 saturated heterocycles. The Hall–Kier alpha value is -2.40.